The summed E-state index contributed by atoms with van der Waals surface area (Å²) in [7, 11) is 1.59. The van der Waals surface area contributed by atoms with E-state index in [1.54, 1.807) is 13.2 Å². The van der Waals surface area contributed by atoms with Crippen molar-refractivity contribution >= 4 is 23.6 Å². The van der Waals surface area contributed by atoms with Crippen LogP contribution in [0.4, 0.5) is 0 Å². The number of thioether (sulfide) groups is 1. The summed E-state index contributed by atoms with van der Waals surface area (Å²) in [4.78, 5) is 24.1. The molecule has 1 aromatic carbocycles. The van der Waals surface area contributed by atoms with Crippen molar-refractivity contribution < 1.29 is 18.7 Å². The van der Waals surface area contributed by atoms with Crippen LogP contribution >= 0.6 is 11.8 Å². The van der Waals surface area contributed by atoms with E-state index in [0.717, 1.165) is 10.6 Å². The van der Waals surface area contributed by atoms with Gasteiger partial charge in [-0.1, -0.05) is 0 Å². The first-order valence-corrected chi connectivity index (χ1v) is 7.07. The Morgan fingerprint density at radius 1 is 1.19 bits per heavy atom. The van der Waals surface area contributed by atoms with Crippen LogP contribution in [-0.4, -0.2) is 24.7 Å². The van der Waals surface area contributed by atoms with Gasteiger partial charge in [0.1, 0.15) is 5.75 Å². The molecular formula is C14H14N2O4S. The number of furan rings is 1. The zero-order valence-corrected chi connectivity index (χ0v) is 12.1. The van der Waals surface area contributed by atoms with Crippen molar-refractivity contribution in [3.8, 4) is 5.75 Å². The summed E-state index contributed by atoms with van der Waals surface area (Å²) in [6, 6.07) is 10.5. The summed E-state index contributed by atoms with van der Waals surface area (Å²) in [5.41, 5.74) is 4.59. The summed E-state index contributed by atoms with van der Waals surface area (Å²) < 4.78 is 9.95. The highest BCUT2D eigenvalue weighted by Gasteiger charge is 2.09. The lowest BCUT2D eigenvalue weighted by Crippen LogP contribution is -2.42. The van der Waals surface area contributed by atoms with Crippen LogP contribution in [0.15, 0.2) is 52.0 Å². The molecule has 0 radical (unpaired) electrons. The second kappa shape index (κ2) is 7.39. The highest BCUT2D eigenvalue weighted by molar-refractivity contribution is 8.00. The first-order valence-electron chi connectivity index (χ1n) is 6.08. The van der Waals surface area contributed by atoms with E-state index >= 15 is 0 Å². The standard InChI is InChI=1S/C14H14N2O4S/c1-19-10-4-6-11(7-5-10)21-9-13(17)15-16-14(18)12-3-2-8-20-12/h2-8H,9H2,1H3,(H,15,17)(H,16,18). The highest BCUT2D eigenvalue weighted by Crippen LogP contribution is 2.20. The summed E-state index contributed by atoms with van der Waals surface area (Å²) in [6.45, 7) is 0. The Labute approximate surface area is 125 Å². The fraction of sp³-hybridized carbons (Fsp3) is 0.143. The third-order valence-electron chi connectivity index (χ3n) is 2.49. The average molecular weight is 306 g/mol. The normalized spacial score (nSPS) is 9.95. The van der Waals surface area contributed by atoms with E-state index in [1.165, 1.54) is 24.1 Å². The smallest absolute Gasteiger partial charge is 0.305 e. The number of carbonyl (C=O) groups excluding carboxylic acids is 2. The van der Waals surface area contributed by atoms with E-state index in [2.05, 4.69) is 10.9 Å². The maximum absolute atomic E-state index is 11.6. The van der Waals surface area contributed by atoms with E-state index in [0.29, 0.717) is 0 Å². The van der Waals surface area contributed by atoms with Gasteiger partial charge in [-0.15, -0.1) is 11.8 Å². The molecule has 0 saturated carbocycles. The molecule has 1 aromatic heterocycles. The largest absolute Gasteiger partial charge is 0.497 e. The van der Waals surface area contributed by atoms with Crippen molar-refractivity contribution in [1.29, 1.82) is 0 Å². The van der Waals surface area contributed by atoms with Crippen molar-refractivity contribution in [2.75, 3.05) is 12.9 Å². The summed E-state index contributed by atoms with van der Waals surface area (Å²) in [6.07, 6.45) is 1.39. The summed E-state index contributed by atoms with van der Waals surface area (Å²) >= 11 is 1.35. The molecule has 0 aliphatic heterocycles. The number of methoxy groups -OCH3 is 1. The first kappa shape index (κ1) is 15.0. The minimum atomic E-state index is -0.497. The monoisotopic (exact) mass is 306 g/mol. The van der Waals surface area contributed by atoms with Gasteiger partial charge in [0, 0.05) is 4.90 Å². The number of ether oxygens (including phenoxy) is 1. The molecule has 0 bridgehead atoms. The summed E-state index contributed by atoms with van der Waals surface area (Å²) in [5, 5.41) is 0. The molecule has 6 nitrogen and oxygen atoms in total. The number of carbonyl (C=O) groups is 2. The van der Waals surface area contributed by atoms with Crippen molar-refractivity contribution in [1.82, 2.24) is 10.9 Å². The van der Waals surface area contributed by atoms with Crippen LogP contribution in [0.1, 0.15) is 10.6 Å². The Bertz CT molecular complexity index is 596. The average Bonchev–Trinajstić information content (AvgIpc) is 3.05. The Morgan fingerprint density at radius 2 is 1.95 bits per heavy atom. The fourth-order valence-corrected chi connectivity index (χ4v) is 2.15. The molecule has 0 unspecified atom stereocenters. The topological polar surface area (TPSA) is 80.6 Å². The molecule has 0 aliphatic carbocycles. The Kier molecular flexibility index (Phi) is 5.28. The van der Waals surface area contributed by atoms with Crippen molar-refractivity contribution in [3.63, 3.8) is 0 Å². The number of hydrazine groups is 1. The van der Waals surface area contributed by atoms with Crippen LogP contribution < -0.4 is 15.6 Å². The second-order valence-electron chi connectivity index (χ2n) is 3.94. The van der Waals surface area contributed by atoms with E-state index in [1.807, 2.05) is 24.3 Å². The third kappa shape index (κ3) is 4.57. The maximum Gasteiger partial charge on any atom is 0.305 e. The number of nitrogens with one attached hydrogen (secondary N) is 2. The van der Waals surface area contributed by atoms with Crippen molar-refractivity contribution in [2.24, 2.45) is 0 Å². The molecule has 2 rings (SSSR count). The van der Waals surface area contributed by atoms with Gasteiger partial charge in [-0.25, -0.2) is 0 Å². The fourth-order valence-electron chi connectivity index (χ4n) is 1.45. The molecule has 2 N–H and O–H groups in total. The molecule has 2 aromatic rings. The van der Waals surface area contributed by atoms with Gasteiger partial charge < -0.3 is 9.15 Å². The van der Waals surface area contributed by atoms with E-state index in [4.69, 9.17) is 9.15 Å². The van der Waals surface area contributed by atoms with Crippen LogP contribution in [-0.2, 0) is 4.79 Å². The first-order chi connectivity index (χ1) is 10.2. The van der Waals surface area contributed by atoms with E-state index < -0.39 is 5.91 Å². The van der Waals surface area contributed by atoms with Gasteiger partial charge >= 0.3 is 5.91 Å². The van der Waals surface area contributed by atoms with Crippen molar-refractivity contribution in [3.05, 3.63) is 48.4 Å². The van der Waals surface area contributed by atoms with Gasteiger partial charge in [-0.2, -0.15) is 0 Å². The van der Waals surface area contributed by atoms with Gasteiger partial charge in [0.05, 0.1) is 19.1 Å². The van der Waals surface area contributed by atoms with Gasteiger partial charge in [0.25, 0.3) is 0 Å². The minimum Gasteiger partial charge on any atom is -0.497 e. The molecule has 0 saturated heterocycles. The lowest BCUT2D eigenvalue weighted by molar-refractivity contribution is -0.119. The van der Waals surface area contributed by atoms with Gasteiger partial charge in [-0.3, -0.25) is 20.4 Å². The molecule has 2 amide bonds. The molecule has 110 valence electrons. The van der Waals surface area contributed by atoms with Crippen LogP contribution in [0.2, 0.25) is 0 Å². The van der Waals surface area contributed by atoms with E-state index in [-0.39, 0.29) is 17.4 Å². The van der Waals surface area contributed by atoms with Gasteiger partial charge in [-0.05, 0) is 36.4 Å². The van der Waals surface area contributed by atoms with Crippen LogP contribution in [0, 0.1) is 0 Å². The molecule has 0 aliphatic rings. The SMILES string of the molecule is COc1ccc(SCC(=O)NNC(=O)c2ccco2)cc1. The van der Waals surface area contributed by atoms with E-state index in [9.17, 15) is 9.59 Å². The minimum absolute atomic E-state index is 0.137. The van der Waals surface area contributed by atoms with Crippen LogP contribution in [0.25, 0.3) is 0 Å². The quantitative estimate of drug-likeness (QED) is 0.651. The van der Waals surface area contributed by atoms with Gasteiger partial charge in [0.2, 0.25) is 5.91 Å². The zero-order chi connectivity index (χ0) is 15.1. The second-order valence-corrected chi connectivity index (χ2v) is 4.99. The van der Waals surface area contributed by atoms with Crippen LogP contribution in [0.3, 0.4) is 0 Å². The lowest BCUT2D eigenvalue weighted by Gasteiger charge is -2.06. The number of hydrogen-bond donors (Lipinski definition) is 2. The molecule has 7 heteroatoms. The highest BCUT2D eigenvalue weighted by atomic mass is 32.2. The molecule has 0 fully saturated rings. The van der Waals surface area contributed by atoms with Crippen molar-refractivity contribution in [2.45, 2.75) is 4.90 Å². The Balaban J connectivity index is 1.73. The number of amides is 2. The molecule has 0 spiro atoms. The molecule has 21 heavy (non-hydrogen) atoms. The van der Waals surface area contributed by atoms with Crippen LogP contribution in [0.5, 0.6) is 5.75 Å². The molecule has 0 atom stereocenters. The predicted molar refractivity (Wildman–Crippen MR) is 78.0 cm³/mol. The number of rotatable bonds is 5. The number of benzene rings is 1. The number of hydrogen-bond acceptors (Lipinski definition) is 5. The molecular weight excluding hydrogens is 292 g/mol. The lowest BCUT2D eigenvalue weighted by atomic mass is 10.3. The molecule has 1 heterocycles. The summed E-state index contributed by atoms with van der Waals surface area (Å²) in [5.74, 6) is 0.274. The Morgan fingerprint density at radius 3 is 2.57 bits per heavy atom. The van der Waals surface area contributed by atoms with Gasteiger partial charge in [0.15, 0.2) is 5.76 Å². The Hall–Kier alpha value is -2.41. The zero-order valence-electron chi connectivity index (χ0n) is 11.3. The third-order valence-corrected chi connectivity index (χ3v) is 3.50. The maximum atomic E-state index is 11.6. The predicted octanol–water partition coefficient (Wildman–Crippen LogP) is 1.84.